The Kier molecular flexibility index (Phi) is 6.93. The summed E-state index contributed by atoms with van der Waals surface area (Å²) in [6.45, 7) is 0.889. The fourth-order valence-corrected chi connectivity index (χ4v) is 3.75. The molecule has 2 aromatic carbocycles. The van der Waals surface area contributed by atoms with Crippen LogP contribution in [-0.4, -0.2) is 49.2 Å². The number of nitrogens with zero attached hydrogens (tertiary/aromatic N) is 4. The van der Waals surface area contributed by atoms with E-state index in [1.54, 1.807) is 55.1 Å². The van der Waals surface area contributed by atoms with Gasteiger partial charge < -0.3 is 15.0 Å². The second kappa shape index (κ2) is 10.8. The number of aryl methyl sites for hydroxylation is 1. The quantitative estimate of drug-likeness (QED) is 0.258. The topological polar surface area (TPSA) is 121 Å². The van der Waals surface area contributed by atoms with Gasteiger partial charge in [-0.2, -0.15) is 5.10 Å². The van der Waals surface area contributed by atoms with Crippen molar-refractivity contribution in [2.24, 2.45) is 0 Å². The summed E-state index contributed by atoms with van der Waals surface area (Å²) in [5.74, 6) is 0.692. The molecule has 9 nitrogen and oxygen atoms in total. The van der Waals surface area contributed by atoms with Crippen molar-refractivity contribution in [2.75, 3.05) is 13.2 Å². The third kappa shape index (κ3) is 5.54. The van der Waals surface area contributed by atoms with E-state index in [0.29, 0.717) is 53.3 Å². The van der Waals surface area contributed by atoms with Crippen molar-refractivity contribution in [3.63, 3.8) is 0 Å². The van der Waals surface area contributed by atoms with E-state index in [0.717, 1.165) is 24.2 Å². The van der Waals surface area contributed by atoms with E-state index in [1.807, 2.05) is 0 Å². The van der Waals surface area contributed by atoms with E-state index >= 15 is 0 Å². The Morgan fingerprint density at radius 3 is 2.72 bits per heavy atom. The van der Waals surface area contributed by atoms with E-state index in [1.165, 1.54) is 12.1 Å². The van der Waals surface area contributed by atoms with Gasteiger partial charge in [0.15, 0.2) is 0 Å². The Morgan fingerprint density at radius 1 is 1.06 bits per heavy atom. The third-order valence-corrected chi connectivity index (χ3v) is 5.63. The van der Waals surface area contributed by atoms with Crippen molar-refractivity contribution in [1.29, 1.82) is 0 Å². The number of imidazole rings is 1. The second-order valence-corrected chi connectivity index (χ2v) is 8.19. The minimum absolute atomic E-state index is 0.193. The van der Waals surface area contributed by atoms with E-state index in [-0.39, 0.29) is 11.7 Å². The zero-order valence-corrected chi connectivity index (χ0v) is 19.4. The van der Waals surface area contributed by atoms with Crippen molar-refractivity contribution in [3.05, 3.63) is 90.0 Å². The lowest BCUT2D eigenvalue weighted by Crippen LogP contribution is -2.24. The molecule has 0 spiro atoms. The summed E-state index contributed by atoms with van der Waals surface area (Å²) < 4.78 is 19.5. The first-order chi connectivity index (χ1) is 17.7. The zero-order valence-electron chi connectivity index (χ0n) is 19.4. The highest BCUT2D eigenvalue weighted by molar-refractivity contribution is 5.97. The number of halogens is 1. The van der Waals surface area contributed by atoms with Crippen LogP contribution in [-0.2, 0) is 12.8 Å². The van der Waals surface area contributed by atoms with Crippen LogP contribution in [0.25, 0.3) is 22.3 Å². The van der Waals surface area contributed by atoms with Crippen molar-refractivity contribution in [1.82, 2.24) is 35.5 Å². The lowest BCUT2D eigenvalue weighted by molar-refractivity contribution is 0.0953. The number of nitrogens with one attached hydrogen (secondary N) is 3. The molecule has 0 aliphatic rings. The number of carbonyl (C=O) groups is 1. The van der Waals surface area contributed by atoms with Crippen LogP contribution in [0, 0.1) is 5.82 Å². The smallest absolute Gasteiger partial charge is 0.251 e. The number of fused-ring (bicyclic) bond motifs is 1. The van der Waals surface area contributed by atoms with Gasteiger partial charge in [0.1, 0.15) is 17.3 Å². The van der Waals surface area contributed by atoms with Gasteiger partial charge in [0.2, 0.25) is 5.88 Å². The molecule has 0 atom stereocenters. The average Bonchev–Trinajstić information content (AvgIpc) is 3.61. The molecule has 1 amide bonds. The molecule has 182 valence electrons. The summed E-state index contributed by atoms with van der Waals surface area (Å²) in [7, 11) is 0. The summed E-state index contributed by atoms with van der Waals surface area (Å²) in [6, 6.07) is 11.1. The van der Waals surface area contributed by atoms with Gasteiger partial charge in [-0.3, -0.25) is 9.89 Å². The standard InChI is InChI=1S/C26H24FN7O2/c27-20-6-3-18(4-7-20)24-26(36-13-9-17-15-31-32-16-17)34-21-8-5-19(14-22(21)33-24)25(35)30-10-1-2-23-28-11-12-29-23/h3-8,11-12,14-16H,1-2,9-10,13H2,(H,28,29)(H,30,35)(H,31,32). The van der Waals surface area contributed by atoms with Gasteiger partial charge in [-0.1, -0.05) is 0 Å². The summed E-state index contributed by atoms with van der Waals surface area (Å²) in [4.78, 5) is 29.3. The lowest BCUT2D eigenvalue weighted by Gasteiger charge is -2.12. The SMILES string of the molecule is O=C(NCCCc1ncc[nH]1)c1ccc2nc(OCCc3cn[nH]c3)c(-c3ccc(F)cc3)nc2c1. The molecule has 3 N–H and O–H groups in total. The molecule has 0 aliphatic carbocycles. The number of H-pyrrole nitrogens is 2. The van der Waals surface area contributed by atoms with Crippen molar-refractivity contribution in [2.45, 2.75) is 19.3 Å². The number of carbonyl (C=O) groups excluding carboxylic acids is 1. The molecule has 0 bridgehead atoms. The molecule has 0 unspecified atom stereocenters. The highest BCUT2D eigenvalue weighted by Gasteiger charge is 2.15. The number of rotatable bonds is 10. The van der Waals surface area contributed by atoms with Crippen LogP contribution < -0.4 is 10.1 Å². The van der Waals surface area contributed by atoms with Crippen molar-refractivity contribution in [3.8, 4) is 17.1 Å². The number of hydrogen-bond acceptors (Lipinski definition) is 6. The lowest BCUT2D eigenvalue weighted by atomic mass is 10.1. The van der Waals surface area contributed by atoms with Gasteiger partial charge in [-0.15, -0.1) is 0 Å². The van der Waals surface area contributed by atoms with Gasteiger partial charge in [-0.25, -0.2) is 19.3 Å². The molecule has 10 heteroatoms. The maximum atomic E-state index is 13.5. The monoisotopic (exact) mass is 485 g/mol. The fraction of sp³-hybridized carbons (Fsp3) is 0.192. The molecule has 0 saturated carbocycles. The fourth-order valence-electron chi connectivity index (χ4n) is 3.75. The molecule has 3 heterocycles. The minimum Gasteiger partial charge on any atom is -0.476 e. The Balaban J connectivity index is 1.35. The normalized spacial score (nSPS) is 11.0. The van der Waals surface area contributed by atoms with Crippen LogP contribution in [0.2, 0.25) is 0 Å². The van der Waals surface area contributed by atoms with E-state index in [4.69, 9.17) is 9.72 Å². The van der Waals surface area contributed by atoms with Crippen LogP contribution in [0.4, 0.5) is 4.39 Å². The van der Waals surface area contributed by atoms with Gasteiger partial charge in [-0.05, 0) is 54.4 Å². The highest BCUT2D eigenvalue weighted by atomic mass is 19.1. The summed E-state index contributed by atoms with van der Waals surface area (Å²) >= 11 is 0. The number of ether oxygens (including phenoxy) is 1. The Morgan fingerprint density at radius 2 is 1.94 bits per heavy atom. The predicted molar refractivity (Wildman–Crippen MR) is 132 cm³/mol. The number of benzene rings is 2. The van der Waals surface area contributed by atoms with Crippen LogP contribution in [0.15, 0.2) is 67.3 Å². The summed E-state index contributed by atoms with van der Waals surface area (Å²) in [5, 5.41) is 9.64. The van der Waals surface area contributed by atoms with Crippen molar-refractivity contribution < 1.29 is 13.9 Å². The summed E-state index contributed by atoms with van der Waals surface area (Å²) in [6.07, 6.45) is 9.18. The number of aromatic amines is 2. The van der Waals surface area contributed by atoms with Crippen LogP contribution >= 0.6 is 0 Å². The van der Waals surface area contributed by atoms with Gasteiger partial charge in [0.05, 0.1) is 23.8 Å². The molecule has 5 rings (SSSR count). The van der Waals surface area contributed by atoms with E-state index in [9.17, 15) is 9.18 Å². The molecule has 0 radical (unpaired) electrons. The molecule has 0 saturated heterocycles. The largest absolute Gasteiger partial charge is 0.476 e. The van der Waals surface area contributed by atoms with E-state index in [2.05, 4.69) is 30.5 Å². The van der Waals surface area contributed by atoms with Crippen LogP contribution in [0.3, 0.4) is 0 Å². The Bertz CT molecular complexity index is 1440. The molecule has 3 aromatic heterocycles. The van der Waals surface area contributed by atoms with Gasteiger partial charge >= 0.3 is 0 Å². The molecule has 0 aliphatic heterocycles. The first-order valence-electron chi connectivity index (χ1n) is 11.6. The predicted octanol–water partition coefficient (Wildman–Crippen LogP) is 3.87. The van der Waals surface area contributed by atoms with E-state index < -0.39 is 0 Å². The number of hydrogen-bond donors (Lipinski definition) is 3. The summed E-state index contributed by atoms with van der Waals surface area (Å²) in [5.41, 5.74) is 3.76. The number of amides is 1. The van der Waals surface area contributed by atoms with Crippen LogP contribution in [0.5, 0.6) is 5.88 Å². The maximum Gasteiger partial charge on any atom is 0.251 e. The Labute approximate surface area is 206 Å². The highest BCUT2D eigenvalue weighted by Crippen LogP contribution is 2.29. The zero-order chi connectivity index (χ0) is 24.7. The minimum atomic E-state index is -0.346. The number of aromatic nitrogens is 6. The van der Waals surface area contributed by atoms with Crippen LogP contribution in [0.1, 0.15) is 28.2 Å². The maximum absolute atomic E-state index is 13.5. The molecular weight excluding hydrogens is 461 g/mol. The van der Waals surface area contributed by atoms with Crippen molar-refractivity contribution >= 4 is 16.9 Å². The van der Waals surface area contributed by atoms with Gasteiger partial charge in [0, 0.05) is 49.1 Å². The molecule has 0 fully saturated rings. The van der Waals surface area contributed by atoms with Gasteiger partial charge in [0.25, 0.3) is 5.91 Å². The molecular formula is C26H24FN7O2. The first kappa shape index (κ1) is 23.2. The molecule has 36 heavy (non-hydrogen) atoms. The first-order valence-corrected chi connectivity index (χ1v) is 11.6. The Hall–Kier alpha value is -4.60. The molecule has 5 aromatic rings. The third-order valence-electron chi connectivity index (χ3n) is 5.63. The second-order valence-electron chi connectivity index (χ2n) is 8.19. The average molecular weight is 486 g/mol.